The van der Waals surface area contributed by atoms with Crippen molar-refractivity contribution in [2.75, 3.05) is 26.4 Å². The molecule has 0 bridgehead atoms. The molecular weight excluding hydrogens is 653 g/mol. The molecule has 9 nitrogen and oxygen atoms in total. The quantitative estimate of drug-likeness (QED) is 0.0280. The zero-order valence-corrected chi connectivity index (χ0v) is 32.5. The van der Waals surface area contributed by atoms with Gasteiger partial charge in [-0.25, -0.2) is 4.57 Å². The third-order valence-corrected chi connectivity index (χ3v) is 8.92. The number of hydrogen-bond acceptors (Lipinski definition) is 8. The lowest BCUT2D eigenvalue weighted by atomic mass is 10.1. The van der Waals surface area contributed by atoms with E-state index < -0.39 is 32.5 Å². The second-order valence-corrected chi connectivity index (χ2v) is 14.2. The second-order valence-electron chi connectivity index (χ2n) is 12.8. The van der Waals surface area contributed by atoms with Crippen LogP contribution in [-0.2, 0) is 32.7 Å². The number of allylic oxidation sites excluding steroid dienone is 8. The average molecular weight is 726 g/mol. The number of hydrogen-bond donors (Lipinski definition) is 2. The van der Waals surface area contributed by atoms with Gasteiger partial charge in [0.05, 0.1) is 13.2 Å². The van der Waals surface area contributed by atoms with E-state index in [1.165, 1.54) is 44.9 Å². The molecule has 0 saturated heterocycles. The van der Waals surface area contributed by atoms with Crippen molar-refractivity contribution in [2.24, 2.45) is 5.73 Å². The van der Waals surface area contributed by atoms with Gasteiger partial charge < -0.3 is 20.1 Å². The first-order valence-electron chi connectivity index (χ1n) is 19.6. The molecule has 0 spiro atoms. The Bertz CT molecular complexity index is 965. The summed E-state index contributed by atoms with van der Waals surface area (Å²) in [4.78, 5) is 34.7. The maximum atomic E-state index is 12.5. The summed E-state index contributed by atoms with van der Waals surface area (Å²) in [5.41, 5.74) is 5.33. The van der Waals surface area contributed by atoms with Gasteiger partial charge in [0, 0.05) is 19.4 Å². The average Bonchev–Trinajstić information content (AvgIpc) is 3.10. The minimum Gasteiger partial charge on any atom is -0.462 e. The lowest BCUT2D eigenvalue weighted by molar-refractivity contribution is -0.161. The van der Waals surface area contributed by atoms with Crippen LogP contribution in [0, 0.1) is 0 Å². The Morgan fingerprint density at radius 2 is 1.04 bits per heavy atom. The maximum absolute atomic E-state index is 12.5. The summed E-state index contributed by atoms with van der Waals surface area (Å²) in [6.07, 6.45) is 39.9. The molecule has 0 radical (unpaired) electrons. The minimum atomic E-state index is -4.38. The van der Waals surface area contributed by atoms with Crippen LogP contribution in [0.3, 0.4) is 0 Å². The van der Waals surface area contributed by atoms with Crippen LogP contribution in [-0.4, -0.2) is 49.3 Å². The molecule has 50 heavy (non-hydrogen) atoms. The zero-order chi connectivity index (χ0) is 36.8. The molecule has 1 unspecified atom stereocenters. The Labute approximate surface area is 305 Å². The van der Waals surface area contributed by atoms with Crippen LogP contribution < -0.4 is 5.73 Å². The summed E-state index contributed by atoms with van der Waals surface area (Å²) in [5.74, 6) is -0.869. The Morgan fingerprint density at radius 3 is 1.56 bits per heavy atom. The highest BCUT2D eigenvalue weighted by atomic mass is 31.2. The third kappa shape index (κ3) is 35.8. The summed E-state index contributed by atoms with van der Waals surface area (Å²) in [7, 11) is -4.38. The van der Waals surface area contributed by atoms with Crippen molar-refractivity contribution in [1.29, 1.82) is 0 Å². The number of phosphoric acid groups is 1. The summed E-state index contributed by atoms with van der Waals surface area (Å²) in [6, 6.07) is 0. The highest BCUT2D eigenvalue weighted by Crippen LogP contribution is 2.43. The van der Waals surface area contributed by atoms with Gasteiger partial charge in [0.1, 0.15) is 6.61 Å². The van der Waals surface area contributed by atoms with Gasteiger partial charge in [0.2, 0.25) is 0 Å². The Morgan fingerprint density at radius 1 is 0.600 bits per heavy atom. The largest absolute Gasteiger partial charge is 0.472 e. The summed E-state index contributed by atoms with van der Waals surface area (Å²) < 4.78 is 32.6. The SMILES string of the molecule is CCCCC/C=C\C/C=C\C/C=C\CCCCCCC(=O)OC[C@H](COP(=O)(O)OCCN)OC(=O)CCCCCCC/C=C\CCCCC. The number of carbonyl (C=O) groups is 2. The number of unbranched alkanes of at least 4 members (excludes halogenated alkanes) is 15. The van der Waals surface area contributed by atoms with E-state index in [2.05, 4.69) is 62.5 Å². The number of nitrogens with two attached hydrogens (primary N) is 1. The van der Waals surface area contributed by atoms with Gasteiger partial charge in [0.25, 0.3) is 0 Å². The fourth-order valence-corrected chi connectivity index (χ4v) is 5.75. The van der Waals surface area contributed by atoms with E-state index in [4.69, 9.17) is 24.3 Å². The topological polar surface area (TPSA) is 134 Å². The van der Waals surface area contributed by atoms with Gasteiger partial charge in [-0.2, -0.15) is 0 Å². The Balaban J connectivity index is 4.26. The maximum Gasteiger partial charge on any atom is 0.472 e. The first-order valence-corrected chi connectivity index (χ1v) is 21.1. The molecule has 0 fully saturated rings. The van der Waals surface area contributed by atoms with Crippen LogP contribution in [0.25, 0.3) is 0 Å². The predicted octanol–water partition coefficient (Wildman–Crippen LogP) is 10.8. The molecule has 0 aliphatic heterocycles. The van der Waals surface area contributed by atoms with Crippen molar-refractivity contribution in [1.82, 2.24) is 0 Å². The smallest absolute Gasteiger partial charge is 0.462 e. The van der Waals surface area contributed by atoms with E-state index in [1.54, 1.807) is 0 Å². The van der Waals surface area contributed by atoms with Crippen LogP contribution in [0.2, 0.25) is 0 Å². The molecule has 0 rings (SSSR count). The van der Waals surface area contributed by atoms with Gasteiger partial charge in [-0.05, 0) is 77.0 Å². The molecule has 0 aromatic carbocycles. The van der Waals surface area contributed by atoms with Crippen LogP contribution in [0.4, 0.5) is 0 Å². The van der Waals surface area contributed by atoms with Crippen LogP contribution in [0.15, 0.2) is 48.6 Å². The highest BCUT2D eigenvalue weighted by molar-refractivity contribution is 7.47. The van der Waals surface area contributed by atoms with Crippen molar-refractivity contribution < 1.29 is 37.6 Å². The number of carbonyl (C=O) groups excluding carboxylic acids is 2. The number of ether oxygens (including phenoxy) is 2. The normalized spacial score (nSPS) is 13.9. The summed E-state index contributed by atoms with van der Waals surface area (Å²) in [6.45, 7) is 3.62. The highest BCUT2D eigenvalue weighted by Gasteiger charge is 2.25. The standard InChI is InChI=1S/C40H72NO8P/c1-3-5-7-9-11-13-15-17-18-19-20-21-23-24-26-28-30-32-39(42)46-36-38(37-48-50(44,45)47-35-34-41)49-40(43)33-31-29-27-25-22-16-14-12-10-8-6-4-2/h11-14,17-18,20-21,38H,3-10,15-16,19,22-37,41H2,1-2H3,(H,44,45)/b13-11-,14-12-,18-17-,21-20-/t38-/m1/s1. The number of phosphoric ester groups is 1. The lowest BCUT2D eigenvalue weighted by Gasteiger charge is -2.19. The van der Waals surface area contributed by atoms with Crippen LogP contribution in [0.1, 0.15) is 162 Å². The Hall–Kier alpha value is -2.03. The molecule has 0 aliphatic carbocycles. The van der Waals surface area contributed by atoms with Crippen molar-refractivity contribution in [3.63, 3.8) is 0 Å². The fraction of sp³-hybridized carbons (Fsp3) is 0.750. The minimum absolute atomic E-state index is 0.0472. The van der Waals surface area contributed by atoms with Crippen molar-refractivity contribution in [2.45, 2.75) is 168 Å². The van der Waals surface area contributed by atoms with E-state index >= 15 is 0 Å². The summed E-state index contributed by atoms with van der Waals surface area (Å²) >= 11 is 0. The predicted molar refractivity (Wildman–Crippen MR) is 206 cm³/mol. The first kappa shape index (κ1) is 48.0. The number of rotatable bonds is 36. The van der Waals surface area contributed by atoms with Crippen molar-refractivity contribution in [3.05, 3.63) is 48.6 Å². The van der Waals surface area contributed by atoms with E-state index in [0.717, 1.165) is 77.0 Å². The van der Waals surface area contributed by atoms with Gasteiger partial charge >= 0.3 is 19.8 Å². The molecule has 290 valence electrons. The monoisotopic (exact) mass is 725 g/mol. The molecule has 0 aromatic rings. The van der Waals surface area contributed by atoms with E-state index in [0.29, 0.717) is 12.8 Å². The van der Waals surface area contributed by atoms with E-state index in [9.17, 15) is 19.0 Å². The van der Waals surface area contributed by atoms with Crippen molar-refractivity contribution in [3.8, 4) is 0 Å². The van der Waals surface area contributed by atoms with Gasteiger partial charge in [0.15, 0.2) is 6.10 Å². The Kier molecular flexibility index (Phi) is 35.3. The van der Waals surface area contributed by atoms with Crippen molar-refractivity contribution >= 4 is 19.8 Å². The van der Waals surface area contributed by atoms with Gasteiger partial charge in [-0.1, -0.05) is 120 Å². The summed E-state index contributed by atoms with van der Waals surface area (Å²) in [5, 5.41) is 0. The molecule has 0 aliphatic rings. The first-order chi connectivity index (χ1) is 24.3. The molecule has 0 saturated carbocycles. The zero-order valence-electron chi connectivity index (χ0n) is 31.6. The molecule has 2 atom stereocenters. The van der Waals surface area contributed by atoms with Crippen LogP contribution in [0.5, 0.6) is 0 Å². The van der Waals surface area contributed by atoms with Crippen LogP contribution >= 0.6 is 7.82 Å². The second kappa shape index (κ2) is 36.8. The van der Waals surface area contributed by atoms with E-state index in [1.807, 2.05) is 0 Å². The molecular formula is C40H72NO8P. The molecule has 3 N–H and O–H groups in total. The lowest BCUT2D eigenvalue weighted by Crippen LogP contribution is -2.29. The third-order valence-electron chi connectivity index (χ3n) is 7.94. The molecule has 0 heterocycles. The molecule has 0 amide bonds. The fourth-order valence-electron chi connectivity index (χ4n) is 4.99. The molecule has 10 heteroatoms. The van der Waals surface area contributed by atoms with Gasteiger partial charge in [-0.3, -0.25) is 18.6 Å². The number of esters is 2. The van der Waals surface area contributed by atoms with E-state index in [-0.39, 0.29) is 32.6 Å². The van der Waals surface area contributed by atoms with Gasteiger partial charge in [-0.15, -0.1) is 0 Å². The molecule has 0 aromatic heterocycles.